The molecule has 0 unspecified atom stereocenters. The molecule has 0 aliphatic rings. The topological polar surface area (TPSA) is 138 Å². The highest BCUT2D eigenvalue weighted by Crippen LogP contribution is 2.36. The molecule has 0 atom stereocenters. The number of amides is 1. The highest BCUT2D eigenvalue weighted by atomic mass is 35.5. The normalized spacial score (nSPS) is 11.3. The highest BCUT2D eigenvalue weighted by Gasteiger charge is 2.27. The molecule has 12 heteroatoms. The summed E-state index contributed by atoms with van der Waals surface area (Å²) in [6, 6.07) is 7.70. The molecule has 0 bridgehead atoms. The van der Waals surface area contributed by atoms with E-state index in [9.17, 15) is 13.2 Å². The van der Waals surface area contributed by atoms with Crippen LogP contribution in [0.1, 0.15) is 11.1 Å². The molecular formula is C20H22ClN5O5S. The molecular weight excluding hydrogens is 458 g/mol. The number of sulfone groups is 1. The number of rotatable bonds is 7. The zero-order valence-electron chi connectivity index (χ0n) is 17.8. The first-order valence-corrected chi connectivity index (χ1v) is 11.2. The van der Waals surface area contributed by atoms with Crippen molar-refractivity contribution >= 4 is 38.9 Å². The van der Waals surface area contributed by atoms with Crippen LogP contribution in [0.15, 0.2) is 40.3 Å². The minimum absolute atomic E-state index is 0.0430. The van der Waals surface area contributed by atoms with E-state index >= 15 is 0 Å². The van der Waals surface area contributed by atoms with E-state index in [1.807, 2.05) is 6.92 Å². The Morgan fingerprint density at radius 1 is 1.12 bits per heavy atom. The second-order valence-corrected chi connectivity index (χ2v) is 9.19. The summed E-state index contributed by atoms with van der Waals surface area (Å²) < 4.78 is 37.3. The summed E-state index contributed by atoms with van der Waals surface area (Å²) in [6.07, 6.45) is 0. The number of hydrogen-bond donors (Lipinski definition) is 2. The number of carbonyl (C=O) groups is 1. The van der Waals surface area contributed by atoms with Gasteiger partial charge in [0.1, 0.15) is 18.0 Å². The van der Waals surface area contributed by atoms with Gasteiger partial charge in [-0.25, -0.2) is 13.1 Å². The van der Waals surface area contributed by atoms with Crippen molar-refractivity contribution in [1.29, 1.82) is 0 Å². The number of methoxy groups -OCH3 is 2. The Balaban J connectivity index is 1.84. The number of nitrogens with two attached hydrogens (primary N) is 1. The molecule has 0 spiro atoms. The number of nitrogens with zero attached hydrogens (tertiary/aromatic N) is 3. The summed E-state index contributed by atoms with van der Waals surface area (Å²) >= 11 is 6.11. The second kappa shape index (κ2) is 9.05. The van der Waals surface area contributed by atoms with E-state index in [2.05, 4.69) is 15.6 Å². The van der Waals surface area contributed by atoms with E-state index in [1.54, 1.807) is 13.0 Å². The van der Waals surface area contributed by atoms with E-state index in [-0.39, 0.29) is 22.3 Å². The smallest absolute Gasteiger partial charge is 0.246 e. The van der Waals surface area contributed by atoms with Crippen LogP contribution >= 0.6 is 11.6 Å². The zero-order valence-corrected chi connectivity index (χ0v) is 19.4. The molecule has 0 saturated heterocycles. The Hall–Kier alpha value is -3.31. The number of halogens is 1. The first-order chi connectivity index (χ1) is 15.1. The minimum atomic E-state index is -4.01. The second-order valence-electron chi connectivity index (χ2n) is 6.92. The summed E-state index contributed by atoms with van der Waals surface area (Å²) in [4.78, 5) is 12.6. The standard InChI is InChI=1S/C20H22ClN5O5S/c1-11-5-6-13(7-12(11)2)32(28,29)20-19(22)26(25-24-20)10-18(27)23-15-8-14(21)16(30-3)9-17(15)31-4/h5-9H,10,22H2,1-4H3,(H,23,27). The zero-order chi connectivity index (χ0) is 23.6. The lowest BCUT2D eigenvalue weighted by atomic mass is 10.1. The van der Waals surface area contributed by atoms with Crippen LogP contribution in [0, 0.1) is 13.8 Å². The summed E-state index contributed by atoms with van der Waals surface area (Å²) in [5.41, 5.74) is 8.03. The number of nitrogen functional groups attached to an aromatic ring is 1. The van der Waals surface area contributed by atoms with Crippen molar-refractivity contribution in [3.63, 3.8) is 0 Å². The minimum Gasteiger partial charge on any atom is -0.495 e. The van der Waals surface area contributed by atoms with Gasteiger partial charge in [0.25, 0.3) is 0 Å². The van der Waals surface area contributed by atoms with Crippen LogP contribution in [0.3, 0.4) is 0 Å². The van der Waals surface area contributed by atoms with E-state index in [0.29, 0.717) is 17.2 Å². The van der Waals surface area contributed by atoms with Gasteiger partial charge >= 0.3 is 0 Å². The van der Waals surface area contributed by atoms with Crippen LogP contribution in [-0.4, -0.2) is 43.5 Å². The third-order valence-electron chi connectivity index (χ3n) is 4.83. The molecule has 10 nitrogen and oxygen atoms in total. The molecule has 1 aromatic heterocycles. The number of hydrogen-bond acceptors (Lipinski definition) is 8. The number of aromatic nitrogens is 3. The molecule has 3 N–H and O–H groups in total. The van der Waals surface area contributed by atoms with Crippen molar-refractivity contribution in [3.05, 3.63) is 46.5 Å². The quantitative estimate of drug-likeness (QED) is 0.527. The lowest BCUT2D eigenvalue weighted by Crippen LogP contribution is -2.21. The number of anilines is 2. The van der Waals surface area contributed by atoms with Crippen molar-refractivity contribution in [2.24, 2.45) is 0 Å². The largest absolute Gasteiger partial charge is 0.495 e. The molecule has 1 heterocycles. The van der Waals surface area contributed by atoms with Crippen molar-refractivity contribution in [3.8, 4) is 11.5 Å². The van der Waals surface area contributed by atoms with Crippen molar-refractivity contribution in [1.82, 2.24) is 15.0 Å². The predicted octanol–water partition coefficient (Wildman–Crippen LogP) is 2.62. The van der Waals surface area contributed by atoms with Crippen LogP contribution in [0.25, 0.3) is 0 Å². The van der Waals surface area contributed by atoms with E-state index in [0.717, 1.165) is 15.8 Å². The van der Waals surface area contributed by atoms with E-state index in [1.165, 1.54) is 38.5 Å². The molecule has 0 saturated carbocycles. The molecule has 1 amide bonds. The lowest BCUT2D eigenvalue weighted by Gasteiger charge is -2.13. The van der Waals surface area contributed by atoms with Crippen molar-refractivity contribution in [2.45, 2.75) is 30.3 Å². The molecule has 0 fully saturated rings. The molecule has 0 aliphatic carbocycles. The average Bonchev–Trinajstić information content (AvgIpc) is 3.11. The van der Waals surface area contributed by atoms with Crippen LogP contribution in [-0.2, 0) is 21.2 Å². The summed E-state index contributed by atoms with van der Waals surface area (Å²) in [6.45, 7) is 3.30. The highest BCUT2D eigenvalue weighted by molar-refractivity contribution is 7.91. The van der Waals surface area contributed by atoms with Gasteiger partial charge in [0.15, 0.2) is 5.82 Å². The number of nitrogens with one attached hydrogen (secondary N) is 1. The summed E-state index contributed by atoms with van der Waals surface area (Å²) in [5, 5.41) is 9.92. The Morgan fingerprint density at radius 3 is 2.44 bits per heavy atom. The average molecular weight is 480 g/mol. The molecule has 3 rings (SSSR count). The first kappa shape index (κ1) is 23.4. The van der Waals surface area contributed by atoms with Gasteiger partial charge in [-0.1, -0.05) is 22.9 Å². The predicted molar refractivity (Wildman–Crippen MR) is 119 cm³/mol. The monoisotopic (exact) mass is 479 g/mol. The maximum Gasteiger partial charge on any atom is 0.246 e. The number of benzene rings is 2. The van der Waals surface area contributed by atoms with E-state index in [4.69, 9.17) is 26.8 Å². The fraction of sp³-hybridized carbons (Fsp3) is 0.250. The number of carbonyl (C=O) groups excluding carboxylic acids is 1. The van der Waals surface area contributed by atoms with Gasteiger partial charge in [-0.15, -0.1) is 5.10 Å². The van der Waals surface area contributed by atoms with Crippen molar-refractivity contribution in [2.75, 3.05) is 25.3 Å². The van der Waals surface area contributed by atoms with E-state index < -0.39 is 20.8 Å². The van der Waals surface area contributed by atoms with Gasteiger partial charge in [-0.05, 0) is 43.2 Å². The van der Waals surface area contributed by atoms with Gasteiger partial charge in [0, 0.05) is 6.07 Å². The summed E-state index contributed by atoms with van der Waals surface area (Å²) in [5.74, 6) is -0.0956. The lowest BCUT2D eigenvalue weighted by molar-refractivity contribution is -0.116. The fourth-order valence-corrected chi connectivity index (χ4v) is 4.46. The van der Waals surface area contributed by atoms with Gasteiger partial charge in [-0.2, -0.15) is 0 Å². The molecule has 0 radical (unpaired) electrons. The molecule has 32 heavy (non-hydrogen) atoms. The Morgan fingerprint density at radius 2 is 1.81 bits per heavy atom. The Labute approximate surface area is 190 Å². The molecule has 0 aliphatic heterocycles. The van der Waals surface area contributed by atoms with Crippen LogP contribution in [0.5, 0.6) is 11.5 Å². The summed E-state index contributed by atoms with van der Waals surface area (Å²) in [7, 11) is -1.13. The first-order valence-electron chi connectivity index (χ1n) is 9.31. The molecule has 170 valence electrons. The molecule has 2 aromatic carbocycles. The van der Waals surface area contributed by atoms with Gasteiger partial charge in [0.05, 0.1) is 29.8 Å². The molecule has 3 aromatic rings. The number of ether oxygens (including phenoxy) is 2. The van der Waals surface area contributed by atoms with Gasteiger partial charge in [-0.3, -0.25) is 4.79 Å². The van der Waals surface area contributed by atoms with Gasteiger partial charge in [0.2, 0.25) is 20.8 Å². The Bertz CT molecular complexity index is 1290. The third kappa shape index (κ3) is 4.48. The third-order valence-corrected chi connectivity index (χ3v) is 6.80. The van der Waals surface area contributed by atoms with Crippen LogP contribution in [0.4, 0.5) is 11.5 Å². The van der Waals surface area contributed by atoms with Crippen LogP contribution in [0.2, 0.25) is 5.02 Å². The van der Waals surface area contributed by atoms with Crippen LogP contribution < -0.4 is 20.5 Å². The number of aryl methyl sites for hydroxylation is 2. The van der Waals surface area contributed by atoms with Gasteiger partial charge < -0.3 is 20.5 Å². The Kier molecular flexibility index (Phi) is 6.60. The SMILES string of the molecule is COc1cc(OC)c(NC(=O)Cn2nnc(S(=O)(=O)c3ccc(C)c(C)c3)c2N)cc1Cl. The van der Waals surface area contributed by atoms with Crippen molar-refractivity contribution < 1.29 is 22.7 Å². The maximum atomic E-state index is 13.0. The fourth-order valence-electron chi connectivity index (χ4n) is 2.89. The maximum absolute atomic E-state index is 13.0.